The quantitative estimate of drug-likeness (QED) is 0.728. The Hall–Kier alpha value is -1.08. The van der Waals surface area contributed by atoms with Crippen LogP contribution in [0.3, 0.4) is 0 Å². The predicted octanol–water partition coefficient (Wildman–Crippen LogP) is -0.632. The lowest BCUT2D eigenvalue weighted by atomic mass is 10.5. The fourth-order valence-electron chi connectivity index (χ4n) is 1.44. The molecule has 1 aromatic heterocycles. The van der Waals surface area contributed by atoms with Crippen LogP contribution in [0.25, 0.3) is 0 Å². The summed E-state index contributed by atoms with van der Waals surface area (Å²) >= 11 is 0. The Balaban J connectivity index is 2.07. The predicted molar refractivity (Wildman–Crippen MR) is 55.3 cm³/mol. The molecule has 1 saturated heterocycles. The number of rotatable bonds is 2. The van der Waals surface area contributed by atoms with Crippen molar-refractivity contribution in [2.75, 3.05) is 29.5 Å². The Morgan fingerprint density at radius 2 is 2.13 bits per heavy atom. The highest BCUT2D eigenvalue weighted by Crippen LogP contribution is 2.16. The first kappa shape index (κ1) is 10.4. The maximum Gasteiger partial charge on any atom is 0.297 e. The zero-order chi connectivity index (χ0) is 10.9. The van der Waals surface area contributed by atoms with Crippen LogP contribution in [-0.4, -0.2) is 38.0 Å². The van der Waals surface area contributed by atoms with Gasteiger partial charge in [-0.05, 0) is 0 Å². The molecule has 7 heteroatoms. The van der Waals surface area contributed by atoms with E-state index in [0.717, 1.165) is 0 Å². The minimum Gasteiger partial charge on any atom is -0.432 e. The second-order valence-corrected chi connectivity index (χ2v) is 5.77. The van der Waals surface area contributed by atoms with E-state index in [1.807, 2.05) is 4.90 Å². The highest BCUT2D eigenvalue weighted by Gasteiger charge is 2.24. The Labute approximate surface area is 88.0 Å². The number of aromatic nitrogens is 1. The first-order chi connectivity index (χ1) is 7.11. The molecular weight excluding hydrogens is 218 g/mol. The van der Waals surface area contributed by atoms with Crippen molar-refractivity contribution < 1.29 is 12.8 Å². The average molecular weight is 231 g/mol. The summed E-state index contributed by atoms with van der Waals surface area (Å²) in [4.78, 5) is 5.96. The third-order valence-electron chi connectivity index (χ3n) is 2.36. The highest BCUT2D eigenvalue weighted by molar-refractivity contribution is 7.91. The van der Waals surface area contributed by atoms with Crippen molar-refractivity contribution in [3.05, 3.63) is 12.0 Å². The zero-order valence-electron chi connectivity index (χ0n) is 8.22. The molecular formula is C8H13N3O3S. The summed E-state index contributed by atoms with van der Waals surface area (Å²) in [5.41, 5.74) is 6.08. The lowest BCUT2D eigenvalue weighted by molar-refractivity contribution is 0.530. The van der Waals surface area contributed by atoms with Crippen molar-refractivity contribution in [2.45, 2.75) is 6.54 Å². The molecule has 2 rings (SSSR count). The van der Waals surface area contributed by atoms with E-state index in [1.165, 1.54) is 6.26 Å². The first-order valence-electron chi connectivity index (χ1n) is 4.70. The number of nitrogens with two attached hydrogens (primary N) is 1. The lowest BCUT2D eigenvalue weighted by Crippen LogP contribution is -2.40. The summed E-state index contributed by atoms with van der Waals surface area (Å²) in [6.07, 6.45) is 1.50. The van der Waals surface area contributed by atoms with Gasteiger partial charge in [-0.1, -0.05) is 0 Å². The van der Waals surface area contributed by atoms with E-state index in [0.29, 0.717) is 31.3 Å². The van der Waals surface area contributed by atoms with Crippen molar-refractivity contribution in [2.24, 2.45) is 5.73 Å². The molecule has 2 heterocycles. The molecule has 0 aromatic carbocycles. The van der Waals surface area contributed by atoms with E-state index >= 15 is 0 Å². The molecule has 1 fully saturated rings. The number of hydrogen-bond donors (Lipinski definition) is 1. The molecule has 15 heavy (non-hydrogen) atoms. The third-order valence-corrected chi connectivity index (χ3v) is 3.97. The molecule has 6 nitrogen and oxygen atoms in total. The first-order valence-corrected chi connectivity index (χ1v) is 6.53. The Morgan fingerprint density at radius 3 is 2.67 bits per heavy atom. The molecule has 0 amide bonds. The third kappa shape index (κ3) is 2.29. The van der Waals surface area contributed by atoms with Crippen LogP contribution in [-0.2, 0) is 16.4 Å². The number of hydrogen-bond acceptors (Lipinski definition) is 6. The van der Waals surface area contributed by atoms with Gasteiger partial charge in [-0.25, -0.2) is 8.42 Å². The SMILES string of the molecule is NCc1coc(N2CCS(=O)(=O)CC2)n1. The van der Waals surface area contributed by atoms with Gasteiger partial charge in [-0.2, -0.15) is 4.98 Å². The summed E-state index contributed by atoms with van der Waals surface area (Å²) in [5, 5.41) is 0. The maximum absolute atomic E-state index is 11.2. The van der Waals surface area contributed by atoms with E-state index in [2.05, 4.69) is 4.98 Å². The molecule has 0 spiro atoms. The molecule has 1 aliphatic rings. The number of anilines is 1. The van der Waals surface area contributed by atoms with Crippen LogP contribution in [0.1, 0.15) is 5.69 Å². The van der Waals surface area contributed by atoms with Gasteiger partial charge in [-0.3, -0.25) is 0 Å². The molecule has 0 saturated carbocycles. The molecule has 0 atom stereocenters. The smallest absolute Gasteiger partial charge is 0.297 e. The molecule has 0 bridgehead atoms. The van der Waals surface area contributed by atoms with Gasteiger partial charge in [0.2, 0.25) is 0 Å². The van der Waals surface area contributed by atoms with E-state index in [1.54, 1.807) is 0 Å². The number of sulfone groups is 1. The Bertz CT molecular complexity index is 426. The van der Waals surface area contributed by atoms with Gasteiger partial charge in [0.1, 0.15) is 6.26 Å². The van der Waals surface area contributed by atoms with Crippen molar-refractivity contribution in [1.29, 1.82) is 0 Å². The number of oxazole rings is 1. The van der Waals surface area contributed by atoms with E-state index < -0.39 is 9.84 Å². The van der Waals surface area contributed by atoms with Crippen LogP contribution in [0, 0.1) is 0 Å². The lowest BCUT2D eigenvalue weighted by Gasteiger charge is -2.24. The highest BCUT2D eigenvalue weighted by atomic mass is 32.2. The summed E-state index contributed by atoms with van der Waals surface area (Å²) in [6.45, 7) is 1.20. The largest absolute Gasteiger partial charge is 0.432 e. The standard InChI is InChI=1S/C8H13N3O3S/c9-5-7-6-14-8(10-7)11-1-3-15(12,13)4-2-11/h6H,1-5,9H2. The van der Waals surface area contributed by atoms with Crippen molar-refractivity contribution in [3.8, 4) is 0 Å². The minimum atomic E-state index is -2.86. The van der Waals surface area contributed by atoms with Gasteiger partial charge in [-0.15, -0.1) is 0 Å². The minimum absolute atomic E-state index is 0.160. The molecule has 0 radical (unpaired) electrons. The van der Waals surface area contributed by atoms with Crippen LogP contribution in [0.5, 0.6) is 0 Å². The zero-order valence-corrected chi connectivity index (χ0v) is 9.03. The summed E-state index contributed by atoms with van der Waals surface area (Å²) in [6, 6.07) is 0.463. The van der Waals surface area contributed by atoms with Crippen LogP contribution in [0.4, 0.5) is 6.01 Å². The van der Waals surface area contributed by atoms with Crippen molar-refractivity contribution >= 4 is 15.9 Å². The second-order valence-electron chi connectivity index (χ2n) is 3.46. The van der Waals surface area contributed by atoms with Gasteiger partial charge in [0.15, 0.2) is 9.84 Å². The van der Waals surface area contributed by atoms with Gasteiger partial charge in [0.25, 0.3) is 6.01 Å². The fraction of sp³-hybridized carbons (Fsp3) is 0.625. The molecule has 0 unspecified atom stereocenters. The van der Waals surface area contributed by atoms with Crippen LogP contribution in [0.15, 0.2) is 10.7 Å². The topological polar surface area (TPSA) is 89.4 Å². The van der Waals surface area contributed by atoms with Crippen LogP contribution < -0.4 is 10.6 Å². The fourth-order valence-corrected chi connectivity index (χ4v) is 2.64. The summed E-state index contributed by atoms with van der Waals surface area (Å²) < 4.78 is 27.6. The Morgan fingerprint density at radius 1 is 1.47 bits per heavy atom. The summed E-state index contributed by atoms with van der Waals surface area (Å²) in [5.74, 6) is 0.320. The van der Waals surface area contributed by atoms with Crippen LogP contribution >= 0.6 is 0 Å². The number of nitrogens with zero attached hydrogens (tertiary/aromatic N) is 2. The van der Waals surface area contributed by atoms with Crippen LogP contribution in [0.2, 0.25) is 0 Å². The van der Waals surface area contributed by atoms with E-state index in [-0.39, 0.29) is 11.5 Å². The molecule has 2 N–H and O–H groups in total. The Kier molecular flexibility index (Phi) is 2.66. The molecule has 0 aliphatic carbocycles. The maximum atomic E-state index is 11.2. The summed E-state index contributed by atoms with van der Waals surface area (Å²) in [7, 11) is -2.86. The molecule has 1 aliphatic heterocycles. The normalized spacial score (nSPS) is 20.5. The van der Waals surface area contributed by atoms with E-state index in [9.17, 15) is 8.42 Å². The second kappa shape index (κ2) is 3.82. The van der Waals surface area contributed by atoms with Crippen molar-refractivity contribution in [3.63, 3.8) is 0 Å². The van der Waals surface area contributed by atoms with Gasteiger partial charge < -0.3 is 15.1 Å². The van der Waals surface area contributed by atoms with Crippen molar-refractivity contribution in [1.82, 2.24) is 4.98 Å². The van der Waals surface area contributed by atoms with Gasteiger partial charge in [0.05, 0.1) is 17.2 Å². The molecule has 84 valence electrons. The van der Waals surface area contributed by atoms with Gasteiger partial charge in [0, 0.05) is 19.6 Å². The average Bonchev–Trinajstić information content (AvgIpc) is 2.66. The molecule has 1 aromatic rings. The van der Waals surface area contributed by atoms with Gasteiger partial charge >= 0.3 is 0 Å². The monoisotopic (exact) mass is 231 g/mol. The van der Waals surface area contributed by atoms with E-state index in [4.69, 9.17) is 10.2 Å².